The van der Waals surface area contributed by atoms with E-state index in [0.717, 1.165) is 22.7 Å². The van der Waals surface area contributed by atoms with Crippen molar-refractivity contribution in [2.75, 3.05) is 5.32 Å². The summed E-state index contributed by atoms with van der Waals surface area (Å²) in [7, 11) is 0. The molecule has 0 atom stereocenters. The Morgan fingerprint density at radius 2 is 2.00 bits per heavy atom. The standard InChI is InChI=1S/C15H17Cl2N3OS2/c1-3-10(4-2)13(21)18-14-19-20-15(23-14)22-8-9-5-6-11(16)12(17)7-9/h5-7,10H,3-4,8H2,1-2H3,(H,18,19,21). The molecule has 124 valence electrons. The summed E-state index contributed by atoms with van der Waals surface area (Å²) in [4.78, 5) is 12.0. The van der Waals surface area contributed by atoms with Gasteiger partial charge in [0.1, 0.15) is 0 Å². The van der Waals surface area contributed by atoms with E-state index < -0.39 is 0 Å². The van der Waals surface area contributed by atoms with Crippen molar-refractivity contribution < 1.29 is 4.79 Å². The Hall–Kier alpha value is -0.820. The Morgan fingerprint density at radius 3 is 2.65 bits per heavy atom. The van der Waals surface area contributed by atoms with Crippen molar-refractivity contribution in [2.45, 2.75) is 36.8 Å². The number of amides is 1. The van der Waals surface area contributed by atoms with Gasteiger partial charge in [-0.2, -0.15) is 0 Å². The van der Waals surface area contributed by atoms with Crippen LogP contribution in [-0.2, 0) is 10.5 Å². The lowest BCUT2D eigenvalue weighted by Gasteiger charge is -2.09. The van der Waals surface area contributed by atoms with E-state index in [1.54, 1.807) is 17.8 Å². The molecule has 1 aromatic carbocycles. The molecule has 0 aliphatic carbocycles. The highest BCUT2D eigenvalue weighted by atomic mass is 35.5. The number of carbonyl (C=O) groups excluding carboxylic acids is 1. The highest BCUT2D eigenvalue weighted by molar-refractivity contribution is 8.00. The molecular formula is C15H17Cl2N3OS2. The fraction of sp³-hybridized carbons (Fsp3) is 0.400. The maximum Gasteiger partial charge on any atom is 0.229 e. The van der Waals surface area contributed by atoms with Crippen molar-refractivity contribution in [3.63, 3.8) is 0 Å². The van der Waals surface area contributed by atoms with E-state index in [9.17, 15) is 4.79 Å². The predicted octanol–water partition coefficient (Wildman–Crippen LogP) is 5.51. The summed E-state index contributed by atoms with van der Waals surface area (Å²) in [5.74, 6) is 0.741. The average Bonchev–Trinajstić information content (AvgIpc) is 2.97. The van der Waals surface area contributed by atoms with Crippen LogP contribution >= 0.6 is 46.3 Å². The van der Waals surface area contributed by atoms with Gasteiger partial charge in [-0.3, -0.25) is 4.79 Å². The van der Waals surface area contributed by atoms with Crippen molar-refractivity contribution in [1.29, 1.82) is 0 Å². The minimum Gasteiger partial charge on any atom is -0.300 e. The highest BCUT2D eigenvalue weighted by Crippen LogP contribution is 2.30. The molecule has 0 aliphatic rings. The van der Waals surface area contributed by atoms with Crippen molar-refractivity contribution in [3.8, 4) is 0 Å². The summed E-state index contributed by atoms with van der Waals surface area (Å²) in [5.41, 5.74) is 1.06. The molecule has 8 heteroatoms. The number of thioether (sulfide) groups is 1. The molecule has 1 N–H and O–H groups in total. The first-order valence-corrected chi connectivity index (χ1v) is 9.80. The van der Waals surface area contributed by atoms with Crippen LogP contribution in [0.2, 0.25) is 10.0 Å². The van der Waals surface area contributed by atoms with Crippen LogP contribution < -0.4 is 5.32 Å². The molecule has 0 fully saturated rings. The van der Waals surface area contributed by atoms with E-state index in [0.29, 0.717) is 20.9 Å². The van der Waals surface area contributed by atoms with Crippen LogP contribution in [0.25, 0.3) is 0 Å². The molecule has 0 spiro atoms. The fourth-order valence-corrected chi connectivity index (χ4v) is 3.98. The molecule has 1 aromatic heterocycles. The monoisotopic (exact) mass is 389 g/mol. The van der Waals surface area contributed by atoms with E-state index in [4.69, 9.17) is 23.2 Å². The molecule has 1 amide bonds. The van der Waals surface area contributed by atoms with Crippen LogP contribution in [0.15, 0.2) is 22.5 Å². The SMILES string of the molecule is CCC(CC)C(=O)Nc1nnc(SCc2ccc(Cl)c(Cl)c2)s1. The second-order valence-corrected chi connectivity index (χ2v) is 7.93. The zero-order valence-electron chi connectivity index (χ0n) is 12.8. The molecule has 2 rings (SSSR count). The Kier molecular flexibility index (Phi) is 7.14. The Labute approximate surface area is 154 Å². The topological polar surface area (TPSA) is 54.9 Å². The van der Waals surface area contributed by atoms with Gasteiger partial charge in [-0.15, -0.1) is 10.2 Å². The quantitative estimate of drug-likeness (QED) is 0.500. The number of nitrogens with zero attached hydrogens (tertiary/aromatic N) is 2. The van der Waals surface area contributed by atoms with Gasteiger partial charge >= 0.3 is 0 Å². The summed E-state index contributed by atoms with van der Waals surface area (Å²) in [6, 6.07) is 5.55. The number of carbonyl (C=O) groups is 1. The maximum atomic E-state index is 12.0. The number of benzene rings is 1. The average molecular weight is 390 g/mol. The molecule has 1 heterocycles. The van der Waals surface area contributed by atoms with Gasteiger partial charge in [0.25, 0.3) is 0 Å². The molecule has 23 heavy (non-hydrogen) atoms. The van der Waals surface area contributed by atoms with Gasteiger partial charge in [-0.05, 0) is 30.5 Å². The van der Waals surface area contributed by atoms with Gasteiger partial charge in [-0.25, -0.2) is 0 Å². The third kappa shape index (κ3) is 5.35. The van der Waals surface area contributed by atoms with Gasteiger partial charge < -0.3 is 5.32 Å². The van der Waals surface area contributed by atoms with Gasteiger partial charge in [0.2, 0.25) is 11.0 Å². The number of rotatable bonds is 7. The molecule has 0 saturated carbocycles. The van der Waals surface area contributed by atoms with E-state index >= 15 is 0 Å². The largest absolute Gasteiger partial charge is 0.300 e. The van der Waals surface area contributed by atoms with Gasteiger partial charge in [0, 0.05) is 11.7 Å². The van der Waals surface area contributed by atoms with Crippen molar-refractivity contribution in [3.05, 3.63) is 33.8 Å². The molecule has 0 aliphatic heterocycles. The minimum atomic E-state index is 0.00665. The van der Waals surface area contributed by atoms with Crippen LogP contribution in [0.3, 0.4) is 0 Å². The zero-order chi connectivity index (χ0) is 16.8. The van der Waals surface area contributed by atoms with Crippen LogP contribution in [-0.4, -0.2) is 16.1 Å². The molecule has 2 aromatic rings. The van der Waals surface area contributed by atoms with Gasteiger partial charge in [0.15, 0.2) is 4.34 Å². The van der Waals surface area contributed by atoms with Crippen LogP contribution in [0, 0.1) is 5.92 Å². The van der Waals surface area contributed by atoms with Crippen molar-refractivity contribution in [2.24, 2.45) is 5.92 Å². The number of nitrogens with one attached hydrogen (secondary N) is 1. The zero-order valence-corrected chi connectivity index (χ0v) is 16.0. The Bertz CT molecular complexity index is 674. The third-order valence-corrected chi connectivity index (χ3v) is 6.12. The van der Waals surface area contributed by atoms with Gasteiger partial charge in [-0.1, -0.05) is 66.2 Å². The summed E-state index contributed by atoms with van der Waals surface area (Å²) in [6.45, 7) is 4.01. The highest BCUT2D eigenvalue weighted by Gasteiger charge is 2.16. The summed E-state index contributed by atoms with van der Waals surface area (Å²) in [5, 5.41) is 12.6. The first kappa shape index (κ1) is 18.5. The number of anilines is 1. The summed E-state index contributed by atoms with van der Waals surface area (Å²) in [6.07, 6.45) is 1.64. The smallest absolute Gasteiger partial charge is 0.229 e. The first-order valence-electron chi connectivity index (χ1n) is 7.24. The number of hydrogen-bond acceptors (Lipinski definition) is 5. The minimum absolute atomic E-state index is 0.00665. The second-order valence-electron chi connectivity index (χ2n) is 4.91. The van der Waals surface area contributed by atoms with Crippen LogP contribution in [0.4, 0.5) is 5.13 Å². The molecule has 0 unspecified atom stereocenters. The normalized spacial score (nSPS) is 11.0. The Balaban J connectivity index is 1.91. The molecule has 0 radical (unpaired) electrons. The summed E-state index contributed by atoms with van der Waals surface area (Å²) >= 11 is 14.8. The lowest BCUT2D eigenvalue weighted by molar-refractivity contribution is -0.120. The number of aromatic nitrogens is 2. The lowest BCUT2D eigenvalue weighted by Crippen LogP contribution is -2.21. The molecule has 4 nitrogen and oxygen atoms in total. The lowest BCUT2D eigenvalue weighted by atomic mass is 10.0. The van der Waals surface area contributed by atoms with E-state index in [2.05, 4.69) is 15.5 Å². The van der Waals surface area contributed by atoms with Crippen molar-refractivity contribution >= 4 is 57.3 Å². The van der Waals surface area contributed by atoms with Crippen molar-refractivity contribution in [1.82, 2.24) is 10.2 Å². The summed E-state index contributed by atoms with van der Waals surface area (Å²) < 4.78 is 0.802. The number of halogens is 2. The van der Waals surface area contributed by atoms with Crippen LogP contribution in [0.5, 0.6) is 0 Å². The molecular weight excluding hydrogens is 373 g/mol. The molecule has 0 bridgehead atoms. The maximum absolute atomic E-state index is 12.0. The van der Waals surface area contributed by atoms with Crippen LogP contribution in [0.1, 0.15) is 32.3 Å². The molecule has 0 saturated heterocycles. The van der Waals surface area contributed by atoms with E-state index in [-0.39, 0.29) is 11.8 Å². The fourth-order valence-electron chi connectivity index (χ4n) is 1.96. The Morgan fingerprint density at radius 1 is 1.26 bits per heavy atom. The number of hydrogen-bond donors (Lipinski definition) is 1. The predicted molar refractivity (Wildman–Crippen MR) is 98.6 cm³/mol. The van der Waals surface area contributed by atoms with E-state index in [1.807, 2.05) is 26.0 Å². The third-order valence-electron chi connectivity index (χ3n) is 3.34. The first-order chi connectivity index (χ1) is 11.0. The van der Waals surface area contributed by atoms with Gasteiger partial charge in [0.05, 0.1) is 10.0 Å². The second kappa shape index (κ2) is 8.87. The van der Waals surface area contributed by atoms with E-state index in [1.165, 1.54) is 11.3 Å².